The highest BCUT2D eigenvalue weighted by atomic mass is 79.9. The number of likely N-dealkylation sites (N-methyl/N-ethyl adjacent to an activating group) is 1. The first-order valence-corrected chi connectivity index (χ1v) is 8.34. The number of benzene rings is 1. The molecule has 1 aliphatic heterocycles. The van der Waals surface area contributed by atoms with Gasteiger partial charge in [-0.2, -0.15) is 0 Å². The van der Waals surface area contributed by atoms with Gasteiger partial charge in [0.1, 0.15) is 0 Å². The quantitative estimate of drug-likeness (QED) is 0.792. The van der Waals surface area contributed by atoms with Gasteiger partial charge < -0.3 is 19.9 Å². The van der Waals surface area contributed by atoms with Gasteiger partial charge in [0.25, 0.3) is 0 Å². The van der Waals surface area contributed by atoms with Crippen molar-refractivity contribution in [3.8, 4) is 0 Å². The van der Waals surface area contributed by atoms with Crippen LogP contribution in [0.4, 0.5) is 5.69 Å². The van der Waals surface area contributed by atoms with E-state index in [9.17, 15) is 0 Å². The van der Waals surface area contributed by atoms with Crippen molar-refractivity contribution in [2.45, 2.75) is 19.5 Å². The Balaban J connectivity index is 1.98. The number of piperazine rings is 1. The van der Waals surface area contributed by atoms with E-state index in [1.54, 1.807) is 7.11 Å². The van der Waals surface area contributed by atoms with Gasteiger partial charge in [-0.15, -0.1) is 0 Å². The van der Waals surface area contributed by atoms with Gasteiger partial charge in [-0.05, 0) is 47.6 Å². The van der Waals surface area contributed by atoms with E-state index in [1.807, 2.05) is 0 Å². The number of nitrogens with one attached hydrogen (secondary N) is 1. The molecule has 0 aromatic heterocycles. The molecule has 0 amide bonds. The van der Waals surface area contributed by atoms with Crippen LogP contribution in [-0.2, 0) is 11.3 Å². The minimum Gasteiger partial charge on any atom is -0.383 e. The molecule has 1 aliphatic rings. The predicted octanol–water partition coefficient (Wildman–Crippen LogP) is 2.33. The summed E-state index contributed by atoms with van der Waals surface area (Å²) in [6.07, 6.45) is 0. The van der Waals surface area contributed by atoms with Crippen LogP contribution in [0.3, 0.4) is 0 Å². The van der Waals surface area contributed by atoms with Crippen molar-refractivity contribution in [1.82, 2.24) is 10.2 Å². The minimum absolute atomic E-state index is 0.547. The van der Waals surface area contributed by atoms with Crippen LogP contribution >= 0.6 is 15.9 Å². The molecule has 0 aliphatic carbocycles. The van der Waals surface area contributed by atoms with Gasteiger partial charge in [0.05, 0.1) is 12.3 Å². The molecule has 0 spiro atoms. The highest BCUT2D eigenvalue weighted by molar-refractivity contribution is 9.10. The Hall–Kier alpha value is -0.620. The monoisotopic (exact) mass is 355 g/mol. The number of anilines is 1. The van der Waals surface area contributed by atoms with E-state index in [2.05, 4.69) is 63.2 Å². The molecule has 1 aromatic carbocycles. The highest BCUT2D eigenvalue weighted by Gasteiger charge is 2.23. The van der Waals surface area contributed by atoms with Crippen LogP contribution in [0, 0.1) is 0 Å². The molecule has 1 fully saturated rings. The first-order chi connectivity index (χ1) is 10.1. The molecular weight excluding hydrogens is 330 g/mol. The zero-order valence-corrected chi connectivity index (χ0v) is 14.8. The summed E-state index contributed by atoms with van der Waals surface area (Å²) < 4.78 is 6.23. The molecule has 1 heterocycles. The van der Waals surface area contributed by atoms with Crippen LogP contribution in [0.1, 0.15) is 12.5 Å². The molecule has 118 valence electrons. The predicted molar refractivity (Wildman–Crippen MR) is 92.0 cm³/mol. The summed E-state index contributed by atoms with van der Waals surface area (Å²) in [6.45, 7) is 8.12. The van der Waals surface area contributed by atoms with Crippen molar-refractivity contribution in [1.29, 1.82) is 0 Å². The van der Waals surface area contributed by atoms with Crippen LogP contribution < -0.4 is 10.2 Å². The summed E-state index contributed by atoms with van der Waals surface area (Å²) in [5.41, 5.74) is 2.60. The Kier molecular flexibility index (Phi) is 6.48. The van der Waals surface area contributed by atoms with E-state index in [1.165, 1.54) is 15.7 Å². The number of hydrogen-bond acceptors (Lipinski definition) is 4. The maximum Gasteiger partial charge on any atom is 0.0587 e. The van der Waals surface area contributed by atoms with Gasteiger partial charge in [-0.25, -0.2) is 0 Å². The highest BCUT2D eigenvalue weighted by Crippen LogP contribution is 2.30. The fraction of sp³-hybridized carbons (Fsp3) is 0.625. The maximum absolute atomic E-state index is 5.04. The SMILES string of the molecule is COCCNCc1ccc(N2CCN(C)CC2C)c(Br)c1. The van der Waals surface area contributed by atoms with Crippen LogP contribution in [0.25, 0.3) is 0 Å². The van der Waals surface area contributed by atoms with Crippen molar-refractivity contribution in [2.75, 3.05) is 51.8 Å². The number of halogens is 1. The second-order valence-electron chi connectivity index (χ2n) is 5.76. The van der Waals surface area contributed by atoms with Crippen LogP contribution in [0.5, 0.6) is 0 Å². The molecule has 0 radical (unpaired) electrons. The normalized spacial score (nSPS) is 20.0. The summed E-state index contributed by atoms with van der Waals surface area (Å²) in [4.78, 5) is 4.88. The number of rotatable bonds is 6. The molecule has 0 bridgehead atoms. The molecule has 5 heteroatoms. The van der Waals surface area contributed by atoms with Gasteiger partial charge in [-0.1, -0.05) is 6.07 Å². The summed E-state index contributed by atoms with van der Waals surface area (Å²) in [5, 5.41) is 3.38. The number of hydrogen-bond donors (Lipinski definition) is 1. The average molecular weight is 356 g/mol. The number of ether oxygens (including phenoxy) is 1. The topological polar surface area (TPSA) is 27.7 Å². The molecule has 1 saturated heterocycles. The average Bonchev–Trinajstić information content (AvgIpc) is 2.45. The summed E-state index contributed by atoms with van der Waals surface area (Å²) in [5.74, 6) is 0. The summed E-state index contributed by atoms with van der Waals surface area (Å²) >= 11 is 3.74. The third-order valence-electron chi connectivity index (χ3n) is 3.96. The summed E-state index contributed by atoms with van der Waals surface area (Å²) in [7, 11) is 3.92. The van der Waals surface area contributed by atoms with E-state index >= 15 is 0 Å². The van der Waals surface area contributed by atoms with E-state index in [4.69, 9.17) is 4.74 Å². The van der Waals surface area contributed by atoms with Gasteiger partial charge >= 0.3 is 0 Å². The maximum atomic E-state index is 5.04. The van der Waals surface area contributed by atoms with Crippen molar-refractivity contribution >= 4 is 21.6 Å². The van der Waals surface area contributed by atoms with Gasteiger partial charge in [-0.3, -0.25) is 0 Å². The van der Waals surface area contributed by atoms with Crippen molar-refractivity contribution in [2.24, 2.45) is 0 Å². The van der Waals surface area contributed by atoms with Crippen molar-refractivity contribution in [3.63, 3.8) is 0 Å². The van der Waals surface area contributed by atoms with Crippen LogP contribution in [-0.4, -0.2) is 57.9 Å². The fourth-order valence-corrected chi connectivity index (χ4v) is 3.45. The standard InChI is InChI=1S/C16H26BrN3O/c1-13-12-19(2)7-8-20(13)16-5-4-14(10-15(16)17)11-18-6-9-21-3/h4-5,10,13,18H,6-9,11-12H2,1-3H3. The zero-order valence-electron chi connectivity index (χ0n) is 13.2. The molecular formula is C16H26BrN3O. The molecule has 1 unspecified atom stereocenters. The third kappa shape index (κ3) is 4.68. The molecule has 0 saturated carbocycles. The first kappa shape index (κ1) is 16.7. The Morgan fingerprint density at radius 3 is 2.86 bits per heavy atom. The lowest BCUT2D eigenvalue weighted by Crippen LogP contribution is -2.50. The lowest BCUT2D eigenvalue weighted by atomic mass is 10.1. The Bertz CT molecular complexity index is 455. The molecule has 1 N–H and O–H groups in total. The zero-order chi connectivity index (χ0) is 15.2. The smallest absolute Gasteiger partial charge is 0.0587 e. The first-order valence-electron chi connectivity index (χ1n) is 7.55. The second-order valence-corrected chi connectivity index (χ2v) is 6.61. The molecule has 1 aromatic rings. The van der Waals surface area contributed by atoms with Gasteiger partial charge in [0.2, 0.25) is 0 Å². The van der Waals surface area contributed by atoms with Crippen LogP contribution in [0.15, 0.2) is 22.7 Å². The number of methoxy groups -OCH3 is 1. The van der Waals surface area contributed by atoms with E-state index in [0.717, 1.165) is 39.3 Å². The van der Waals surface area contributed by atoms with E-state index in [-0.39, 0.29) is 0 Å². The Labute approximate surface area is 136 Å². The van der Waals surface area contributed by atoms with Crippen molar-refractivity contribution < 1.29 is 4.74 Å². The van der Waals surface area contributed by atoms with E-state index in [0.29, 0.717) is 6.04 Å². The lowest BCUT2D eigenvalue weighted by Gasteiger charge is -2.40. The summed E-state index contributed by atoms with van der Waals surface area (Å²) in [6, 6.07) is 7.22. The molecule has 4 nitrogen and oxygen atoms in total. The van der Waals surface area contributed by atoms with Gasteiger partial charge in [0, 0.05) is 50.3 Å². The van der Waals surface area contributed by atoms with Crippen molar-refractivity contribution in [3.05, 3.63) is 28.2 Å². The molecule has 21 heavy (non-hydrogen) atoms. The lowest BCUT2D eigenvalue weighted by molar-refractivity contribution is 0.199. The van der Waals surface area contributed by atoms with E-state index < -0.39 is 0 Å². The fourth-order valence-electron chi connectivity index (χ4n) is 2.80. The Morgan fingerprint density at radius 2 is 2.19 bits per heavy atom. The molecule has 2 rings (SSSR count). The number of nitrogens with zero attached hydrogens (tertiary/aromatic N) is 2. The van der Waals surface area contributed by atoms with Crippen LogP contribution in [0.2, 0.25) is 0 Å². The molecule has 1 atom stereocenters. The largest absolute Gasteiger partial charge is 0.383 e. The van der Waals surface area contributed by atoms with Gasteiger partial charge in [0.15, 0.2) is 0 Å². The third-order valence-corrected chi connectivity index (χ3v) is 4.60. The second kappa shape index (κ2) is 8.13. The minimum atomic E-state index is 0.547. The Morgan fingerprint density at radius 1 is 1.38 bits per heavy atom.